The molecule has 5 nitrogen and oxygen atoms in total. The van der Waals surface area contributed by atoms with Gasteiger partial charge in [-0.25, -0.2) is 4.98 Å². The van der Waals surface area contributed by atoms with Gasteiger partial charge in [0.25, 0.3) is 0 Å². The molecule has 98 valence electrons. The molecule has 2 N–H and O–H groups in total. The van der Waals surface area contributed by atoms with E-state index in [1.54, 1.807) is 11.3 Å². The van der Waals surface area contributed by atoms with E-state index in [-0.39, 0.29) is 18.6 Å². The van der Waals surface area contributed by atoms with E-state index in [1.807, 2.05) is 22.9 Å². The van der Waals surface area contributed by atoms with E-state index in [2.05, 4.69) is 9.88 Å². The molecule has 1 aliphatic rings. The minimum Gasteiger partial charge on any atom is -0.393 e. The van der Waals surface area contributed by atoms with E-state index in [1.165, 1.54) is 0 Å². The lowest BCUT2D eigenvalue weighted by molar-refractivity contribution is 0.0968. The van der Waals surface area contributed by atoms with E-state index < -0.39 is 0 Å². The average Bonchev–Trinajstić information content (AvgIpc) is 2.92. The van der Waals surface area contributed by atoms with Crippen molar-refractivity contribution in [2.45, 2.75) is 26.1 Å². The third kappa shape index (κ3) is 1.81. The van der Waals surface area contributed by atoms with Crippen LogP contribution in [0.5, 0.6) is 0 Å². The number of fused-ring (bicyclic) bond motifs is 1. The molecule has 0 saturated carbocycles. The first-order valence-electron chi connectivity index (χ1n) is 6.19. The van der Waals surface area contributed by atoms with Gasteiger partial charge in [0.2, 0.25) is 0 Å². The fourth-order valence-corrected chi connectivity index (χ4v) is 3.27. The van der Waals surface area contributed by atoms with Gasteiger partial charge >= 0.3 is 0 Å². The van der Waals surface area contributed by atoms with Gasteiger partial charge in [-0.15, -0.1) is 11.3 Å². The van der Waals surface area contributed by atoms with E-state index in [9.17, 15) is 10.2 Å². The van der Waals surface area contributed by atoms with Crippen LogP contribution in [-0.2, 0) is 6.61 Å². The van der Waals surface area contributed by atoms with Crippen molar-refractivity contribution in [3.63, 3.8) is 0 Å². The Morgan fingerprint density at radius 2 is 2.39 bits per heavy atom. The number of thiazole rings is 1. The van der Waals surface area contributed by atoms with Crippen LogP contribution in [0.1, 0.15) is 19.0 Å². The van der Waals surface area contributed by atoms with Gasteiger partial charge in [0.1, 0.15) is 0 Å². The van der Waals surface area contributed by atoms with Crippen molar-refractivity contribution in [3.8, 4) is 0 Å². The predicted octanol–water partition coefficient (Wildman–Crippen LogP) is 1.10. The Kier molecular flexibility index (Phi) is 3.01. The van der Waals surface area contributed by atoms with Crippen LogP contribution in [0.4, 0.5) is 5.82 Å². The number of hydrogen-bond acceptors (Lipinski definition) is 5. The standard InChI is InChI=1S/C12H17N3O2S/c1-8-6-14(3-2-10(8)17)11-9(7-16)15-4-5-18-12(15)13-11/h4-5,8,10,16-17H,2-3,6-7H2,1H3. The van der Waals surface area contributed by atoms with Crippen LogP contribution >= 0.6 is 11.3 Å². The minimum atomic E-state index is -0.220. The molecule has 2 unspecified atom stereocenters. The molecule has 2 aromatic heterocycles. The summed E-state index contributed by atoms with van der Waals surface area (Å²) >= 11 is 1.57. The fourth-order valence-electron chi connectivity index (χ4n) is 2.55. The van der Waals surface area contributed by atoms with Crippen LogP contribution in [0.15, 0.2) is 11.6 Å². The molecule has 1 fully saturated rings. The zero-order valence-corrected chi connectivity index (χ0v) is 11.1. The van der Waals surface area contributed by atoms with Crippen molar-refractivity contribution in [3.05, 3.63) is 17.3 Å². The van der Waals surface area contributed by atoms with E-state index in [0.717, 1.165) is 36.0 Å². The first kappa shape index (κ1) is 12.0. The molecule has 0 amide bonds. The van der Waals surface area contributed by atoms with Crippen LogP contribution in [-0.4, -0.2) is 38.8 Å². The van der Waals surface area contributed by atoms with Gasteiger partial charge in [-0.05, 0) is 12.3 Å². The quantitative estimate of drug-likeness (QED) is 0.855. The summed E-state index contributed by atoms with van der Waals surface area (Å²) in [6.45, 7) is 3.62. The van der Waals surface area contributed by atoms with Crippen LogP contribution in [0.25, 0.3) is 4.96 Å². The second kappa shape index (κ2) is 4.53. The van der Waals surface area contributed by atoms with Gasteiger partial charge in [0.15, 0.2) is 10.8 Å². The maximum Gasteiger partial charge on any atom is 0.195 e. The number of rotatable bonds is 2. The molecule has 0 aromatic carbocycles. The van der Waals surface area contributed by atoms with Gasteiger partial charge in [-0.1, -0.05) is 6.92 Å². The molecule has 3 heterocycles. The third-order valence-electron chi connectivity index (χ3n) is 3.65. The first-order valence-corrected chi connectivity index (χ1v) is 7.07. The normalized spacial score (nSPS) is 24.9. The Labute approximate surface area is 109 Å². The Hall–Kier alpha value is -1.11. The van der Waals surface area contributed by atoms with Gasteiger partial charge in [-0.3, -0.25) is 4.40 Å². The SMILES string of the molecule is CC1CN(c2nc3sccn3c2CO)CCC1O. The molecule has 1 saturated heterocycles. The smallest absolute Gasteiger partial charge is 0.195 e. The summed E-state index contributed by atoms with van der Waals surface area (Å²) < 4.78 is 1.94. The van der Waals surface area contributed by atoms with Crippen molar-refractivity contribution in [2.24, 2.45) is 5.92 Å². The predicted molar refractivity (Wildman–Crippen MR) is 71.0 cm³/mol. The highest BCUT2D eigenvalue weighted by Gasteiger charge is 2.27. The summed E-state index contributed by atoms with van der Waals surface area (Å²) in [5, 5.41) is 21.3. The van der Waals surface area contributed by atoms with Gasteiger partial charge in [-0.2, -0.15) is 0 Å². The lowest BCUT2D eigenvalue weighted by Gasteiger charge is -2.35. The van der Waals surface area contributed by atoms with Crippen LogP contribution < -0.4 is 4.90 Å². The Morgan fingerprint density at radius 3 is 3.11 bits per heavy atom. The van der Waals surface area contributed by atoms with Crippen molar-refractivity contribution in [1.29, 1.82) is 0 Å². The lowest BCUT2D eigenvalue weighted by atomic mass is 9.97. The minimum absolute atomic E-state index is 0.0132. The maximum absolute atomic E-state index is 9.77. The number of piperidine rings is 1. The summed E-state index contributed by atoms with van der Waals surface area (Å²) in [5.74, 6) is 1.10. The van der Waals surface area contributed by atoms with Crippen LogP contribution in [0.3, 0.4) is 0 Å². The molecule has 0 spiro atoms. The second-order valence-electron chi connectivity index (χ2n) is 4.88. The summed E-state index contributed by atoms with van der Waals surface area (Å²) in [5.41, 5.74) is 0.842. The monoisotopic (exact) mass is 267 g/mol. The molecule has 0 aliphatic carbocycles. The lowest BCUT2D eigenvalue weighted by Crippen LogP contribution is -2.42. The number of anilines is 1. The van der Waals surface area contributed by atoms with E-state index in [4.69, 9.17) is 0 Å². The number of aliphatic hydroxyl groups is 2. The number of aromatic nitrogens is 2. The largest absolute Gasteiger partial charge is 0.393 e. The highest BCUT2D eigenvalue weighted by Crippen LogP contribution is 2.28. The Morgan fingerprint density at radius 1 is 1.56 bits per heavy atom. The maximum atomic E-state index is 9.77. The molecule has 2 aromatic rings. The summed E-state index contributed by atoms with van der Waals surface area (Å²) in [4.78, 5) is 7.67. The average molecular weight is 267 g/mol. The van der Waals surface area contributed by atoms with Crippen molar-refractivity contribution < 1.29 is 10.2 Å². The molecule has 0 bridgehead atoms. The fraction of sp³-hybridized carbons (Fsp3) is 0.583. The van der Waals surface area contributed by atoms with Gasteiger partial charge < -0.3 is 15.1 Å². The summed E-state index contributed by atoms with van der Waals surface area (Å²) in [6, 6.07) is 0. The highest BCUT2D eigenvalue weighted by atomic mass is 32.1. The summed E-state index contributed by atoms with van der Waals surface area (Å²) in [7, 11) is 0. The van der Waals surface area contributed by atoms with Gasteiger partial charge in [0.05, 0.1) is 18.4 Å². The van der Waals surface area contributed by atoms with Gasteiger partial charge in [0, 0.05) is 24.7 Å². The van der Waals surface area contributed by atoms with Crippen LogP contribution in [0.2, 0.25) is 0 Å². The molecule has 18 heavy (non-hydrogen) atoms. The van der Waals surface area contributed by atoms with Crippen LogP contribution in [0, 0.1) is 5.92 Å². The van der Waals surface area contributed by atoms with E-state index >= 15 is 0 Å². The summed E-state index contributed by atoms with van der Waals surface area (Å²) in [6.07, 6.45) is 2.48. The highest BCUT2D eigenvalue weighted by molar-refractivity contribution is 7.15. The van der Waals surface area contributed by atoms with Crippen molar-refractivity contribution in [1.82, 2.24) is 9.38 Å². The zero-order valence-electron chi connectivity index (χ0n) is 10.3. The number of aliphatic hydroxyl groups excluding tert-OH is 2. The first-order chi connectivity index (χ1) is 8.70. The topological polar surface area (TPSA) is 61.0 Å². The molecule has 6 heteroatoms. The van der Waals surface area contributed by atoms with E-state index in [0.29, 0.717) is 0 Å². The Balaban J connectivity index is 1.96. The molecular formula is C12H17N3O2S. The zero-order chi connectivity index (χ0) is 12.7. The van der Waals surface area contributed by atoms with Crippen molar-refractivity contribution >= 4 is 22.1 Å². The Bertz CT molecular complexity index is 551. The van der Waals surface area contributed by atoms with Crippen molar-refractivity contribution in [2.75, 3.05) is 18.0 Å². The molecule has 1 aliphatic heterocycles. The number of imidazole rings is 1. The molecule has 3 rings (SSSR count). The number of hydrogen-bond donors (Lipinski definition) is 2. The number of nitrogens with zero attached hydrogens (tertiary/aromatic N) is 3. The molecule has 2 atom stereocenters. The third-order valence-corrected chi connectivity index (χ3v) is 4.41. The molecular weight excluding hydrogens is 250 g/mol. The second-order valence-corrected chi connectivity index (χ2v) is 5.75. The molecule has 0 radical (unpaired) electrons.